The van der Waals surface area contributed by atoms with Crippen molar-refractivity contribution in [3.8, 4) is 0 Å². The molecule has 27 heavy (non-hydrogen) atoms. The van der Waals surface area contributed by atoms with E-state index >= 15 is 0 Å². The normalized spacial score (nSPS) is 12.1. The van der Waals surface area contributed by atoms with Gasteiger partial charge in [-0.3, -0.25) is 0 Å². The van der Waals surface area contributed by atoms with Gasteiger partial charge < -0.3 is 10.2 Å². The predicted molar refractivity (Wildman–Crippen MR) is 80.9 cm³/mol. The first kappa shape index (κ1) is 20.6. The molecule has 2 rings (SSSR count). The van der Waals surface area contributed by atoms with Gasteiger partial charge in [0.2, 0.25) is 0 Å². The van der Waals surface area contributed by atoms with E-state index in [0.717, 1.165) is 0 Å². The van der Waals surface area contributed by atoms with Gasteiger partial charge in [-0.2, -0.15) is 26.3 Å². The van der Waals surface area contributed by atoms with Gasteiger partial charge in [0.25, 0.3) is 0 Å². The molecule has 0 atom stereocenters. The Morgan fingerprint density at radius 1 is 0.704 bits per heavy atom. The summed E-state index contributed by atoms with van der Waals surface area (Å²) >= 11 is -0.00894. The minimum Gasteiger partial charge on any atom is -0.478 e. The smallest absolute Gasteiger partial charge is 0.417 e. The highest BCUT2D eigenvalue weighted by Gasteiger charge is 2.37. The van der Waals surface area contributed by atoms with Crippen LogP contribution >= 0.6 is 11.8 Å². The summed E-state index contributed by atoms with van der Waals surface area (Å²) < 4.78 is 78.9. The summed E-state index contributed by atoms with van der Waals surface area (Å²) in [6, 6.07) is 3.41. The standard InChI is InChI=1S/C16H8F6O4S/c17-15(18,19)9-3-1-7(13(23)24)5-11(9)27-12-6-8(14(25)26)2-4-10(12)16(20,21)22/h1-6H,(H,23,24)(H,25,26). The summed E-state index contributed by atoms with van der Waals surface area (Å²) in [5.74, 6) is -3.14. The number of carboxylic acids is 2. The number of carboxylic acid groups (broad SMARTS) is 2. The molecule has 0 spiro atoms. The molecule has 0 saturated carbocycles. The molecule has 0 saturated heterocycles. The molecule has 144 valence electrons. The summed E-state index contributed by atoms with van der Waals surface area (Å²) in [7, 11) is 0. The van der Waals surface area contributed by atoms with Crippen molar-refractivity contribution in [1.29, 1.82) is 0 Å². The fourth-order valence-corrected chi connectivity index (χ4v) is 3.26. The van der Waals surface area contributed by atoms with Crippen molar-refractivity contribution < 1.29 is 46.1 Å². The molecular weight excluding hydrogens is 402 g/mol. The molecule has 0 aromatic heterocycles. The largest absolute Gasteiger partial charge is 0.478 e. The van der Waals surface area contributed by atoms with Crippen LogP contribution in [0.4, 0.5) is 26.3 Å². The van der Waals surface area contributed by atoms with E-state index in [0.29, 0.717) is 36.4 Å². The number of benzene rings is 2. The number of carbonyl (C=O) groups is 2. The molecule has 11 heteroatoms. The molecule has 0 aliphatic rings. The van der Waals surface area contributed by atoms with E-state index in [1.165, 1.54) is 0 Å². The van der Waals surface area contributed by atoms with Crippen molar-refractivity contribution in [2.75, 3.05) is 0 Å². The number of rotatable bonds is 4. The maximum Gasteiger partial charge on any atom is 0.417 e. The highest BCUT2D eigenvalue weighted by molar-refractivity contribution is 7.99. The zero-order chi connectivity index (χ0) is 20.6. The Hall–Kier alpha value is -2.69. The zero-order valence-electron chi connectivity index (χ0n) is 12.9. The summed E-state index contributed by atoms with van der Waals surface area (Å²) in [5.41, 5.74) is -3.81. The van der Waals surface area contributed by atoms with Gasteiger partial charge in [-0.05, 0) is 36.4 Å². The summed E-state index contributed by atoms with van der Waals surface area (Å²) in [6.45, 7) is 0. The molecule has 0 amide bonds. The SMILES string of the molecule is O=C(O)c1ccc(C(F)(F)F)c(Sc2cc(C(=O)O)ccc2C(F)(F)F)c1. The second-order valence-electron chi connectivity index (χ2n) is 5.13. The lowest BCUT2D eigenvalue weighted by Crippen LogP contribution is -2.10. The Bertz CT molecular complexity index is 831. The molecule has 4 nitrogen and oxygen atoms in total. The lowest BCUT2D eigenvalue weighted by molar-refractivity contribution is -0.140. The topological polar surface area (TPSA) is 74.6 Å². The van der Waals surface area contributed by atoms with Gasteiger partial charge in [0.05, 0.1) is 22.3 Å². The molecule has 0 heterocycles. The number of alkyl halides is 6. The lowest BCUT2D eigenvalue weighted by Gasteiger charge is -2.16. The molecule has 2 aromatic carbocycles. The first-order valence-corrected chi connectivity index (χ1v) is 7.69. The second kappa shape index (κ2) is 7.14. The van der Waals surface area contributed by atoms with E-state index < -0.39 is 56.3 Å². The van der Waals surface area contributed by atoms with Crippen LogP contribution in [0.5, 0.6) is 0 Å². The highest BCUT2D eigenvalue weighted by atomic mass is 32.2. The van der Waals surface area contributed by atoms with Crippen LogP contribution in [0.15, 0.2) is 46.2 Å². The van der Waals surface area contributed by atoms with E-state index in [2.05, 4.69) is 0 Å². The molecular formula is C16H8F6O4S. The highest BCUT2D eigenvalue weighted by Crippen LogP contribution is 2.44. The Kier molecular flexibility index (Phi) is 5.45. The molecule has 0 radical (unpaired) electrons. The Morgan fingerprint density at radius 2 is 1.04 bits per heavy atom. The monoisotopic (exact) mass is 410 g/mol. The third kappa shape index (κ3) is 4.73. The maximum atomic E-state index is 13.1. The molecule has 2 N–H and O–H groups in total. The first-order valence-electron chi connectivity index (χ1n) is 6.87. The summed E-state index contributed by atoms with van der Waals surface area (Å²) in [6.07, 6.45) is -9.91. The van der Waals surface area contributed by atoms with E-state index in [4.69, 9.17) is 10.2 Å². The van der Waals surface area contributed by atoms with Gasteiger partial charge in [0.15, 0.2) is 0 Å². The zero-order valence-corrected chi connectivity index (χ0v) is 13.7. The van der Waals surface area contributed by atoms with Crippen molar-refractivity contribution >= 4 is 23.7 Å². The predicted octanol–water partition coefficient (Wildman–Crippen LogP) is 5.27. The Balaban J connectivity index is 2.67. The van der Waals surface area contributed by atoms with Crippen LogP contribution in [-0.4, -0.2) is 22.2 Å². The summed E-state index contributed by atoms with van der Waals surface area (Å²) in [5, 5.41) is 17.8. The Morgan fingerprint density at radius 3 is 1.30 bits per heavy atom. The molecule has 0 aliphatic carbocycles. The molecule has 0 aliphatic heterocycles. The van der Waals surface area contributed by atoms with Gasteiger partial charge in [-0.25, -0.2) is 9.59 Å². The van der Waals surface area contributed by atoms with E-state index in [1.807, 2.05) is 0 Å². The van der Waals surface area contributed by atoms with Crippen molar-refractivity contribution in [2.24, 2.45) is 0 Å². The van der Waals surface area contributed by atoms with Crippen molar-refractivity contribution in [2.45, 2.75) is 22.1 Å². The fourth-order valence-electron chi connectivity index (χ4n) is 2.07. The van der Waals surface area contributed by atoms with E-state index in [1.54, 1.807) is 0 Å². The lowest BCUT2D eigenvalue weighted by atomic mass is 10.1. The number of halogens is 6. The molecule has 0 bridgehead atoms. The average molecular weight is 410 g/mol. The third-order valence-corrected chi connectivity index (χ3v) is 4.40. The third-order valence-electron chi connectivity index (χ3n) is 3.29. The summed E-state index contributed by atoms with van der Waals surface area (Å²) in [4.78, 5) is 20.4. The van der Waals surface area contributed by atoms with Gasteiger partial charge in [-0.15, -0.1) is 0 Å². The van der Waals surface area contributed by atoms with Gasteiger partial charge in [0.1, 0.15) is 0 Å². The van der Waals surface area contributed by atoms with Gasteiger partial charge in [0, 0.05) is 9.79 Å². The van der Waals surface area contributed by atoms with Crippen molar-refractivity contribution in [3.63, 3.8) is 0 Å². The number of aromatic carboxylic acids is 2. The van der Waals surface area contributed by atoms with Crippen LogP contribution < -0.4 is 0 Å². The van der Waals surface area contributed by atoms with E-state index in [-0.39, 0.29) is 11.8 Å². The molecule has 0 unspecified atom stereocenters. The second-order valence-corrected chi connectivity index (χ2v) is 6.21. The number of hydrogen-bond donors (Lipinski definition) is 2. The number of hydrogen-bond acceptors (Lipinski definition) is 3. The molecule has 0 fully saturated rings. The minimum atomic E-state index is -4.96. The molecule has 2 aromatic rings. The van der Waals surface area contributed by atoms with Crippen molar-refractivity contribution in [1.82, 2.24) is 0 Å². The van der Waals surface area contributed by atoms with Gasteiger partial charge >= 0.3 is 24.3 Å². The van der Waals surface area contributed by atoms with Crippen LogP contribution in [0.2, 0.25) is 0 Å². The van der Waals surface area contributed by atoms with Gasteiger partial charge in [-0.1, -0.05) is 11.8 Å². The van der Waals surface area contributed by atoms with Crippen LogP contribution in [0, 0.1) is 0 Å². The van der Waals surface area contributed by atoms with E-state index in [9.17, 15) is 35.9 Å². The van der Waals surface area contributed by atoms with Crippen LogP contribution in [0.25, 0.3) is 0 Å². The Labute approximate surface area is 151 Å². The van der Waals surface area contributed by atoms with Crippen molar-refractivity contribution in [3.05, 3.63) is 58.7 Å². The minimum absolute atomic E-state index is 0.00894. The van der Waals surface area contributed by atoms with Crippen LogP contribution in [0.1, 0.15) is 31.8 Å². The van der Waals surface area contributed by atoms with Crippen LogP contribution in [0.3, 0.4) is 0 Å². The fraction of sp³-hybridized carbons (Fsp3) is 0.125. The quantitative estimate of drug-likeness (QED) is 0.672. The average Bonchev–Trinajstić information content (AvgIpc) is 2.52. The van der Waals surface area contributed by atoms with Crippen LogP contribution in [-0.2, 0) is 12.4 Å². The first-order chi connectivity index (χ1) is 12.3. The maximum absolute atomic E-state index is 13.1.